The van der Waals surface area contributed by atoms with E-state index in [1.54, 1.807) is 11.8 Å². The Morgan fingerprint density at radius 3 is 2.48 bits per heavy atom. The summed E-state index contributed by atoms with van der Waals surface area (Å²) in [6.07, 6.45) is 1.14. The van der Waals surface area contributed by atoms with Gasteiger partial charge in [0, 0.05) is 24.9 Å². The highest BCUT2D eigenvalue weighted by atomic mass is 16.5. The van der Waals surface area contributed by atoms with Gasteiger partial charge in [0.15, 0.2) is 0 Å². The number of para-hydroxylation sites is 1. The standard InChI is InChI=1S/C17H25NO3/c1-16(2)12-18(13-17(16,3)20)15(19)10-7-11-21-14-8-5-4-6-9-14/h4-6,8-9,20H,7,10-13H2,1-3H3/t17-/m0/s1. The summed E-state index contributed by atoms with van der Waals surface area (Å²) in [4.78, 5) is 14.0. The Balaban J connectivity index is 1.74. The van der Waals surface area contributed by atoms with Crippen molar-refractivity contribution >= 4 is 5.91 Å². The molecule has 1 aliphatic rings. The molecule has 1 heterocycles. The first-order chi connectivity index (χ1) is 9.82. The summed E-state index contributed by atoms with van der Waals surface area (Å²) in [6.45, 7) is 7.36. The van der Waals surface area contributed by atoms with Gasteiger partial charge in [0.1, 0.15) is 5.75 Å². The summed E-state index contributed by atoms with van der Waals surface area (Å²) in [5.74, 6) is 0.924. The highest BCUT2D eigenvalue weighted by Crippen LogP contribution is 2.38. The third kappa shape index (κ3) is 3.76. The Kier molecular flexibility index (Phi) is 4.57. The number of rotatable bonds is 5. The van der Waals surface area contributed by atoms with Crippen LogP contribution in [0.4, 0.5) is 0 Å². The predicted octanol–water partition coefficient (Wildman–Crippen LogP) is 2.47. The molecule has 1 saturated heterocycles. The molecule has 0 radical (unpaired) electrons. The van der Waals surface area contributed by atoms with Crippen molar-refractivity contribution in [2.24, 2.45) is 5.41 Å². The number of aliphatic hydroxyl groups is 1. The molecule has 116 valence electrons. The van der Waals surface area contributed by atoms with Gasteiger partial charge in [0.25, 0.3) is 0 Å². The highest BCUT2D eigenvalue weighted by Gasteiger charge is 2.48. The van der Waals surface area contributed by atoms with Gasteiger partial charge in [-0.15, -0.1) is 0 Å². The fourth-order valence-electron chi connectivity index (χ4n) is 2.55. The molecule has 2 rings (SSSR count). The monoisotopic (exact) mass is 291 g/mol. The van der Waals surface area contributed by atoms with E-state index in [1.165, 1.54) is 0 Å². The molecule has 1 fully saturated rings. The van der Waals surface area contributed by atoms with Crippen molar-refractivity contribution in [2.45, 2.75) is 39.2 Å². The van der Waals surface area contributed by atoms with Gasteiger partial charge in [0.05, 0.1) is 12.2 Å². The van der Waals surface area contributed by atoms with Crippen LogP contribution >= 0.6 is 0 Å². The Morgan fingerprint density at radius 1 is 1.24 bits per heavy atom. The number of hydrogen-bond acceptors (Lipinski definition) is 3. The number of β-amino-alcohol motifs (C(OH)–C–C–N with tert-alkyl or cyclic N) is 1. The van der Waals surface area contributed by atoms with Crippen molar-refractivity contribution < 1.29 is 14.6 Å². The maximum atomic E-state index is 12.2. The molecule has 1 amide bonds. The van der Waals surface area contributed by atoms with Gasteiger partial charge in [-0.3, -0.25) is 4.79 Å². The van der Waals surface area contributed by atoms with Crippen molar-refractivity contribution in [3.8, 4) is 5.75 Å². The van der Waals surface area contributed by atoms with Gasteiger partial charge in [-0.2, -0.15) is 0 Å². The molecular formula is C17H25NO3. The van der Waals surface area contributed by atoms with E-state index in [9.17, 15) is 9.90 Å². The third-order valence-electron chi connectivity index (χ3n) is 4.44. The number of ether oxygens (including phenoxy) is 1. The molecule has 0 unspecified atom stereocenters. The van der Waals surface area contributed by atoms with Gasteiger partial charge in [-0.05, 0) is 25.5 Å². The second kappa shape index (κ2) is 6.06. The number of carbonyl (C=O) groups excluding carboxylic acids is 1. The molecule has 4 heteroatoms. The Morgan fingerprint density at radius 2 is 1.90 bits per heavy atom. The maximum Gasteiger partial charge on any atom is 0.222 e. The normalized spacial score (nSPS) is 24.1. The summed E-state index contributed by atoms with van der Waals surface area (Å²) >= 11 is 0. The van der Waals surface area contributed by atoms with E-state index >= 15 is 0 Å². The Labute approximate surface area is 126 Å². The summed E-state index contributed by atoms with van der Waals surface area (Å²) < 4.78 is 5.58. The van der Waals surface area contributed by atoms with Crippen LogP contribution in [0.25, 0.3) is 0 Å². The summed E-state index contributed by atoms with van der Waals surface area (Å²) in [7, 11) is 0. The second-order valence-corrected chi connectivity index (χ2v) is 6.67. The van der Waals surface area contributed by atoms with Crippen molar-refractivity contribution in [1.29, 1.82) is 0 Å². The minimum Gasteiger partial charge on any atom is -0.494 e. The van der Waals surface area contributed by atoms with Crippen molar-refractivity contribution in [3.05, 3.63) is 30.3 Å². The molecule has 4 nitrogen and oxygen atoms in total. The number of benzene rings is 1. The molecule has 21 heavy (non-hydrogen) atoms. The number of hydrogen-bond donors (Lipinski definition) is 1. The molecule has 1 atom stereocenters. The van der Waals surface area contributed by atoms with E-state index in [0.717, 1.165) is 5.75 Å². The molecule has 1 aromatic rings. The van der Waals surface area contributed by atoms with Crippen LogP contribution in [0.2, 0.25) is 0 Å². The Bertz CT molecular complexity index is 466. The molecule has 1 aliphatic heterocycles. The molecule has 0 saturated carbocycles. The SMILES string of the molecule is CC1(C)CN(C(=O)CCCOc2ccccc2)C[C@]1(C)O. The first-order valence-electron chi connectivity index (χ1n) is 7.50. The number of likely N-dealkylation sites (tertiary alicyclic amines) is 1. The average Bonchev–Trinajstić information content (AvgIpc) is 2.65. The van der Waals surface area contributed by atoms with Crippen LogP contribution in [0.5, 0.6) is 5.75 Å². The van der Waals surface area contributed by atoms with Gasteiger partial charge in [0.2, 0.25) is 5.91 Å². The first-order valence-corrected chi connectivity index (χ1v) is 7.50. The molecule has 1 aromatic carbocycles. The lowest BCUT2D eigenvalue weighted by Gasteiger charge is -2.30. The maximum absolute atomic E-state index is 12.2. The Hall–Kier alpha value is -1.55. The predicted molar refractivity (Wildman–Crippen MR) is 82.2 cm³/mol. The first kappa shape index (κ1) is 15.8. The topological polar surface area (TPSA) is 49.8 Å². The molecule has 0 aliphatic carbocycles. The lowest BCUT2D eigenvalue weighted by molar-refractivity contribution is -0.131. The van der Waals surface area contributed by atoms with E-state index in [-0.39, 0.29) is 11.3 Å². The zero-order chi connectivity index (χ0) is 15.5. The highest BCUT2D eigenvalue weighted by molar-refractivity contribution is 5.76. The summed E-state index contributed by atoms with van der Waals surface area (Å²) in [5.41, 5.74) is -1.08. The quantitative estimate of drug-likeness (QED) is 0.848. The van der Waals surface area contributed by atoms with E-state index in [1.807, 2.05) is 44.2 Å². The van der Waals surface area contributed by atoms with E-state index < -0.39 is 5.60 Å². The molecule has 1 N–H and O–H groups in total. The number of amides is 1. The molecular weight excluding hydrogens is 266 g/mol. The zero-order valence-electron chi connectivity index (χ0n) is 13.1. The third-order valence-corrected chi connectivity index (χ3v) is 4.44. The average molecular weight is 291 g/mol. The fourth-order valence-corrected chi connectivity index (χ4v) is 2.55. The number of carbonyl (C=O) groups is 1. The minimum absolute atomic E-state index is 0.0949. The minimum atomic E-state index is -0.816. The van der Waals surface area contributed by atoms with Crippen LogP contribution in [0, 0.1) is 5.41 Å². The van der Waals surface area contributed by atoms with Crippen molar-refractivity contribution in [1.82, 2.24) is 4.90 Å². The molecule has 0 spiro atoms. The van der Waals surface area contributed by atoms with Gasteiger partial charge in [-0.1, -0.05) is 32.0 Å². The lowest BCUT2D eigenvalue weighted by atomic mass is 9.79. The second-order valence-electron chi connectivity index (χ2n) is 6.67. The van der Waals surface area contributed by atoms with Gasteiger partial charge >= 0.3 is 0 Å². The zero-order valence-corrected chi connectivity index (χ0v) is 13.1. The number of nitrogens with zero attached hydrogens (tertiary/aromatic N) is 1. The smallest absolute Gasteiger partial charge is 0.222 e. The van der Waals surface area contributed by atoms with E-state index in [4.69, 9.17) is 4.74 Å². The van der Waals surface area contributed by atoms with E-state index in [0.29, 0.717) is 32.5 Å². The molecule has 0 bridgehead atoms. The summed E-state index contributed by atoms with van der Waals surface area (Å²) in [5, 5.41) is 10.3. The van der Waals surface area contributed by atoms with E-state index in [2.05, 4.69) is 0 Å². The van der Waals surface area contributed by atoms with Crippen LogP contribution in [0.1, 0.15) is 33.6 Å². The lowest BCUT2D eigenvalue weighted by Crippen LogP contribution is -2.40. The van der Waals surface area contributed by atoms with Crippen LogP contribution in [-0.4, -0.2) is 41.2 Å². The van der Waals surface area contributed by atoms with Crippen LogP contribution in [-0.2, 0) is 4.79 Å². The largest absolute Gasteiger partial charge is 0.494 e. The van der Waals surface area contributed by atoms with Crippen molar-refractivity contribution in [2.75, 3.05) is 19.7 Å². The van der Waals surface area contributed by atoms with Gasteiger partial charge in [-0.25, -0.2) is 0 Å². The molecule has 0 aromatic heterocycles. The van der Waals surface area contributed by atoms with Crippen LogP contribution in [0.3, 0.4) is 0 Å². The summed E-state index contributed by atoms with van der Waals surface area (Å²) in [6, 6.07) is 9.60. The van der Waals surface area contributed by atoms with Gasteiger partial charge < -0.3 is 14.7 Å². The fraction of sp³-hybridized carbons (Fsp3) is 0.588. The van der Waals surface area contributed by atoms with Crippen LogP contribution in [0.15, 0.2) is 30.3 Å². The van der Waals surface area contributed by atoms with Crippen molar-refractivity contribution in [3.63, 3.8) is 0 Å². The van der Waals surface area contributed by atoms with Crippen LogP contribution < -0.4 is 4.74 Å².